The fraction of sp³-hybridized carbons (Fsp3) is 0.360. The van der Waals surface area contributed by atoms with Gasteiger partial charge in [-0.3, -0.25) is 9.59 Å². The molecule has 1 atom stereocenters. The van der Waals surface area contributed by atoms with Crippen molar-refractivity contribution in [3.05, 3.63) is 66.2 Å². The molecular weight excluding hydrogens is 392 g/mol. The lowest BCUT2D eigenvalue weighted by molar-refractivity contribution is -0.139. The molecule has 4 rings (SSSR count). The van der Waals surface area contributed by atoms with E-state index in [4.69, 9.17) is 9.47 Å². The van der Waals surface area contributed by atoms with Crippen LogP contribution in [0.5, 0.6) is 11.5 Å². The summed E-state index contributed by atoms with van der Waals surface area (Å²) in [7, 11) is 1.81. The van der Waals surface area contributed by atoms with E-state index in [1.54, 1.807) is 11.0 Å². The number of rotatable bonds is 5. The van der Waals surface area contributed by atoms with Crippen LogP contribution in [0.3, 0.4) is 0 Å². The van der Waals surface area contributed by atoms with Gasteiger partial charge >= 0.3 is 0 Å². The van der Waals surface area contributed by atoms with Crippen LogP contribution in [0.1, 0.15) is 18.4 Å². The number of benzene rings is 2. The molecule has 0 unspecified atom stereocenters. The predicted octanol–water partition coefficient (Wildman–Crippen LogP) is 3.24. The van der Waals surface area contributed by atoms with Crippen molar-refractivity contribution in [2.45, 2.75) is 18.9 Å². The number of hydrogen-bond acceptors (Lipinski definition) is 4. The average molecular weight is 421 g/mol. The van der Waals surface area contributed by atoms with E-state index in [0.29, 0.717) is 39.1 Å². The van der Waals surface area contributed by atoms with Crippen molar-refractivity contribution in [2.75, 3.05) is 33.3 Å². The third-order valence-electron chi connectivity index (χ3n) is 5.80. The molecule has 0 saturated carbocycles. The van der Waals surface area contributed by atoms with E-state index in [2.05, 4.69) is 0 Å². The van der Waals surface area contributed by atoms with Crippen LogP contribution in [-0.2, 0) is 9.59 Å². The standard InChI is InChI=1S/C25H28N2O4/c1-26(17-21-18-30-22-9-5-6-10-23(22)31-21)25(29)20-13-15-27(16-14-20)24(28)12-11-19-7-3-2-4-8-19/h2-12,20-21H,13-18H2,1H3/b12-11+/t21-/m0/s1. The van der Waals surface area contributed by atoms with Gasteiger partial charge in [0.15, 0.2) is 17.6 Å². The van der Waals surface area contributed by atoms with E-state index >= 15 is 0 Å². The second kappa shape index (κ2) is 9.69. The summed E-state index contributed by atoms with van der Waals surface area (Å²) in [5.74, 6) is 1.49. The molecule has 31 heavy (non-hydrogen) atoms. The first-order valence-corrected chi connectivity index (χ1v) is 10.8. The lowest BCUT2D eigenvalue weighted by Gasteiger charge is -2.34. The van der Waals surface area contributed by atoms with Gasteiger partial charge in [-0.2, -0.15) is 0 Å². The SMILES string of the molecule is CN(C[C@H]1COc2ccccc2O1)C(=O)C1CCN(C(=O)/C=C/c2ccccc2)CC1. The number of carbonyl (C=O) groups excluding carboxylic acids is 2. The Morgan fingerprint density at radius 3 is 2.45 bits per heavy atom. The van der Waals surface area contributed by atoms with Gasteiger partial charge in [-0.15, -0.1) is 0 Å². The maximum atomic E-state index is 12.9. The molecule has 0 aliphatic carbocycles. The molecule has 0 radical (unpaired) electrons. The summed E-state index contributed by atoms with van der Waals surface area (Å²) in [4.78, 5) is 28.9. The Morgan fingerprint density at radius 2 is 1.71 bits per heavy atom. The number of carbonyl (C=O) groups is 2. The molecule has 2 aliphatic rings. The summed E-state index contributed by atoms with van der Waals surface area (Å²) in [6, 6.07) is 17.3. The van der Waals surface area contributed by atoms with E-state index in [1.807, 2.05) is 72.6 Å². The number of fused-ring (bicyclic) bond motifs is 1. The van der Waals surface area contributed by atoms with Gasteiger partial charge in [0.1, 0.15) is 6.61 Å². The first-order chi connectivity index (χ1) is 15.1. The molecule has 2 heterocycles. The molecule has 0 spiro atoms. The Kier molecular flexibility index (Phi) is 6.55. The number of ether oxygens (including phenoxy) is 2. The topological polar surface area (TPSA) is 59.1 Å². The van der Waals surface area contributed by atoms with Crippen LogP contribution in [0.4, 0.5) is 0 Å². The normalized spacial score (nSPS) is 18.7. The van der Waals surface area contributed by atoms with E-state index in [9.17, 15) is 9.59 Å². The first-order valence-electron chi connectivity index (χ1n) is 10.8. The maximum Gasteiger partial charge on any atom is 0.246 e. The summed E-state index contributed by atoms with van der Waals surface area (Å²) >= 11 is 0. The van der Waals surface area contributed by atoms with Gasteiger partial charge in [0.05, 0.1) is 6.54 Å². The highest BCUT2D eigenvalue weighted by atomic mass is 16.6. The molecule has 0 aromatic heterocycles. The number of likely N-dealkylation sites (tertiary alicyclic amines) is 1. The van der Waals surface area contributed by atoms with Crippen LogP contribution >= 0.6 is 0 Å². The molecule has 1 saturated heterocycles. The minimum Gasteiger partial charge on any atom is -0.486 e. The van der Waals surface area contributed by atoms with Crippen LogP contribution in [0.15, 0.2) is 60.7 Å². The van der Waals surface area contributed by atoms with Crippen molar-refractivity contribution in [1.29, 1.82) is 0 Å². The van der Waals surface area contributed by atoms with Gasteiger partial charge < -0.3 is 19.3 Å². The van der Waals surface area contributed by atoms with Crippen LogP contribution in [0.2, 0.25) is 0 Å². The summed E-state index contributed by atoms with van der Waals surface area (Å²) in [6.45, 7) is 2.10. The molecule has 2 aliphatic heterocycles. The first kappa shape index (κ1) is 21.0. The zero-order valence-electron chi connectivity index (χ0n) is 17.8. The van der Waals surface area contributed by atoms with Gasteiger partial charge in [-0.25, -0.2) is 0 Å². The fourth-order valence-corrected chi connectivity index (χ4v) is 4.04. The Labute approximate surface area is 183 Å². The van der Waals surface area contributed by atoms with Gasteiger partial charge in [-0.05, 0) is 36.6 Å². The number of amides is 2. The number of hydrogen-bond donors (Lipinski definition) is 0. The minimum atomic E-state index is -0.186. The highest BCUT2D eigenvalue weighted by Crippen LogP contribution is 2.31. The van der Waals surface area contributed by atoms with E-state index < -0.39 is 0 Å². The molecule has 162 valence electrons. The number of nitrogens with zero attached hydrogens (tertiary/aromatic N) is 2. The third kappa shape index (κ3) is 5.26. The average Bonchev–Trinajstić information content (AvgIpc) is 2.82. The summed E-state index contributed by atoms with van der Waals surface area (Å²) in [5.41, 5.74) is 0.999. The lowest BCUT2D eigenvalue weighted by Crippen LogP contribution is -2.46. The summed E-state index contributed by atoms with van der Waals surface area (Å²) in [6.07, 6.45) is 4.62. The van der Waals surface area contributed by atoms with Crippen LogP contribution in [0, 0.1) is 5.92 Å². The van der Waals surface area contributed by atoms with Crippen molar-refractivity contribution in [1.82, 2.24) is 9.80 Å². The van der Waals surface area contributed by atoms with Crippen LogP contribution in [0.25, 0.3) is 6.08 Å². The minimum absolute atomic E-state index is 0.00507. The predicted molar refractivity (Wildman–Crippen MR) is 119 cm³/mol. The van der Waals surface area contributed by atoms with Gasteiger partial charge in [-0.1, -0.05) is 42.5 Å². The van der Waals surface area contributed by atoms with Crippen molar-refractivity contribution >= 4 is 17.9 Å². The molecule has 6 nitrogen and oxygen atoms in total. The Balaban J connectivity index is 1.24. The van der Waals surface area contributed by atoms with Crippen molar-refractivity contribution < 1.29 is 19.1 Å². The fourth-order valence-electron chi connectivity index (χ4n) is 4.04. The van der Waals surface area contributed by atoms with Gasteiger partial charge in [0.25, 0.3) is 0 Å². The number of likely N-dealkylation sites (N-methyl/N-ethyl adjacent to an activating group) is 1. The lowest BCUT2D eigenvalue weighted by atomic mass is 9.95. The van der Waals surface area contributed by atoms with Crippen molar-refractivity contribution in [2.24, 2.45) is 5.92 Å². The number of para-hydroxylation sites is 2. The zero-order chi connectivity index (χ0) is 21.6. The molecular formula is C25H28N2O4. The highest BCUT2D eigenvalue weighted by Gasteiger charge is 2.30. The highest BCUT2D eigenvalue weighted by molar-refractivity contribution is 5.92. The van der Waals surface area contributed by atoms with Crippen LogP contribution in [-0.4, -0.2) is 61.0 Å². The third-order valence-corrected chi connectivity index (χ3v) is 5.80. The maximum absolute atomic E-state index is 12.9. The summed E-state index contributed by atoms with van der Waals surface area (Å²) in [5, 5.41) is 0. The van der Waals surface area contributed by atoms with E-state index in [-0.39, 0.29) is 23.8 Å². The molecule has 0 bridgehead atoms. The van der Waals surface area contributed by atoms with E-state index in [1.165, 1.54) is 0 Å². The Bertz CT molecular complexity index is 936. The van der Waals surface area contributed by atoms with Gasteiger partial charge in [0.2, 0.25) is 11.8 Å². The Hall–Kier alpha value is -3.28. The number of piperidine rings is 1. The molecule has 6 heteroatoms. The molecule has 2 aromatic rings. The van der Waals surface area contributed by atoms with Gasteiger partial charge in [0, 0.05) is 32.1 Å². The van der Waals surface area contributed by atoms with Crippen LogP contribution < -0.4 is 9.47 Å². The second-order valence-electron chi connectivity index (χ2n) is 8.06. The van der Waals surface area contributed by atoms with Crippen molar-refractivity contribution in [3.8, 4) is 11.5 Å². The molecule has 2 amide bonds. The quantitative estimate of drug-likeness (QED) is 0.697. The van der Waals surface area contributed by atoms with Crippen molar-refractivity contribution in [3.63, 3.8) is 0 Å². The van der Waals surface area contributed by atoms with E-state index in [0.717, 1.165) is 17.1 Å². The largest absolute Gasteiger partial charge is 0.486 e. The second-order valence-corrected chi connectivity index (χ2v) is 8.06. The molecule has 0 N–H and O–H groups in total. The zero-order valence-corrected chi connectivity index (χ0v) is 17.8. The molecule has 1 fully saturated rings. The Morgan fingerprint density at radius 1 is 1.03 bits per heavy atom. The monoisotopic (exact) mass is 420 g/mol. The molecule has 2 aromatic carbocycles. The summed E-state index contributed by atoms with van der Waals surface area (Å²) < 4.78 is 11.7. The smallest absolute Gasteiger partial charge is 0.246 e.